The molecule has 1 amide bonds. The highest BCUT2D eigenvalue weighted by molar-refractivity contribution is 9.10. The summed E-state index contributed by atoms with van der Waals surface area (Å²) in [7, 11) is 0. The highest BCUT2D eigenvalue weighted by Crippen LogP contribution is 2.23. The first-order chi connectivity index (χ1) is 8.65. The Hall–Kier alpha value is -0.830. The van der Waals surface area contributed by atoms with E-state index in [-0.39, 0.29) is 5.91 Å². The number of hydrogen-bond acceptors (Lipinski definition) is 1. The molecule has 1 aromatic carbocycles. The molecule has 1 aliphatic rings. The fourth-order valence-electron chi connectivity index (χ4n) is 2.58. The van der Waals surface area contributed by atoms with Gasteiger partial charge in [-0.1, -0.05) is 47.8 Å². The third kappa shape index (κ3) is 3.84. The van der Waals surface area contributed by atoms with Crippen LogP contribution in [0.3, 0.4) is 0 Å². The molecule has 0 spiro atoms. The van der Waals surface area contributed by atoms with Crippen LogP contribution in [0.15, 0.2) is 28.7 Å². The zero-order valence-corrected chi connectivity index (χ0v) is 12.4. The van der Waals surface area contributed by atoms with Gasteiger partial charge in [0.2, 0.25) is 5.91 Å². The predicted octanol–water partition coefficient (Wildman–Crippen LogP) is 3.69. The zero-order chi connectivity index (χ0) is 13.0. The van der Waals surface area contributed by atoms with Crippen molar-refractivity contribution in [2.45, 2.75) is 45.1 Å². The van der Waals surface area contributed by atoms with E-state index in [9.17, 15) is 4.79 Å². The van der Waals surface area contributed by atoms with Crippen LogP contribution >= 0.6 is 15.9 Å². The van der Waals surface area contributed by atoms with Gasteiger partial charge in [-0.2, -0.15) is 0 Å². The minimum absolute atomic E-state index is 0.149. The lowest BCUT2D eigenvalue weighted by Crippen LogP contribution is -2.41. The summed E-state index contributed by atoms with van der Waals surface area (Å²) in [5, 5.41) is 3.18. The smallest absolute Gasteiger partial charge is 0.224 e. The number of nitrogens with one attached hydrogen (secondary N) is 1. The quantitative estimate of drug-likeness (QED) is 0.906. The van der Waals surface area contributed by atoms with Gasteiger partial charge in [-0.25, -0.2) is 0 Å². The van der Waals surface area contributed by atoms with Gasteiger partial charge in [-0.15, -0.1) is 0 Å². The lowest BCUT2D eigenvalue weighted by Gasteiger charge is -2.29. The van der Waals surface area contributed by atoms with Crippen molar-refractivity contribution in [2.75, 3.05) is 0 Å². The van der Waals surface area contributed by atoms with E-state index in [4.69, 9.17) is 0 Å². The van der Waals surface area contributed by atoms with Gasteiger partial charge >= 0.3 is 0 Å². The largest absolute Gasteiger partial charge is 0.353 e. The maximum Gasteiger partial charge on any atom is 0.224 e. The van der Waals surface area contributed by atoms with Crippen LogP contribution in [-0.2, 0) is 11.2 Å². The molecule has 1 aliphatic carbocycles. The minimum atomic E-state index is 0.149. The van der Waals surface area contributed by atoms with Crippen molar-refractivity contribution < 1.29 is 4.79 Å². The highest BCUT2D eigenvalue weighted by Gasteiger charge is 2.22. The summed E-state index contributed by atoms with van der Waals surface area (Å²) in [6.45, 7) is 2.24. The summed E-state index contributed by atoms with van der Waals surface area (Å²) in [5.74, 6) is 0.767. The Labute approximate surface area is 117 Å². The third-order valence-electron chi connectivity index (χ3n) is 3.74. The first-order valence-electron chi connectivity index (χ1n) is 6.69. The van der Waals surface area contributed by atoms with E-state index in [1.165, 1.54) is 19.3 Å². The van der Waals surface area contributed by atoms with Gasteiger partial charge in [0.25, 0.3) is 0 Å². The Bertz CT molecular complexity index is 401. The Morgan fingerprint density at radius 3 is 2.61 bits per heavy atom. The molecular weight excluding hydrogens is 290 g/mol. The van der Waals surface area contributed by atoms with Crippen molar-refractivity contribution in [3.8, 4) is 0 Å². The van der Waals surface area contributed by atoms with E-state index >= 15 is 0 Å². The van der Waals surface area contributed by atoms with Crippen molar-refractivity contribution in [3.63, 3.8) is 0 Å². The number of rotatable bonds is 3. The third-order valence-corrected chi connectivity index (χ3v) is 4.26. The van der Waals surface area contributed by atoms with Crippen LogP contribution in [0.2, 0.25) is 0 Å². The molecule has 0 saturated heterocycles. The first kappa shape index (κ1) is 13.6. The van der Waals surface area contributed by atoms with Crippen molar-refractivity contribution in [1.29, 1.82) is 0 Å². The number of halogens is 1. The Kier molecular flexibility index (Phi) is 4.81. The van der Waals surface area contributed by atoms with Gasteiger partial charge < -0.3 is 5.32 Å². The lowest BCUT2D eigenvalue weighted by molar-refractivity contribution is -0.121. The molecule has 1 saturated carbocycles. The van der Waals surface area contributed by atoms with E-state index in [1.54, 1.807) is 0 Å². The van der Waals surface area contributed by atoms with E-state index in [0.29, 0.717) is 18.4 Å². The van der Waals surface area contributed by atoms with Gasteiger partial charge in [-0.05, 0) is 36.5 Å². The fourth-order valence-corrected chi connectivity index (χ4v) is 2.84. The Balaban J connectivity index is 1.86. The molecule has 18 heavy (non-hydrogen) atoms. The highest BCUT2D eigenvalue weighted by atomic mass is 79.9. The molecule has 0 aliphatic heterocycles. The monoisotopic (exact) mass is 309 g/mol. The first-order valence-corrected chi connectivity index (χ1v) is 7.48. The number of carbonyl (C=O) groups excluding carboxylic acids is 1. The second-order valence-corrected chi connectivity index (χ2v) is 6.15. The molecule has 0 bridgehead atoms. The minimum Gasteiger partial charge on any atom is -0.353 e. The van der Waals surface area contributed by atoms with Crippen LogP contribution in [-0.4, -0.2) is 11.9 Å². The van der Waals surface area contributed by atoms with Crippen molar-refractivity contribution in [1.82, 2.24) is 5.32 Å². The standard InChI is InChI=1S/C15H20BrNO/c1-11-4-2-3-5-14(11)17-15(18)10-12-6-8-13(16)9-7-12/h6-9,11,14H,2-5,10H2,1H3,(H,17,18)/t11-,14+/m0/s1. The number of carbonyl (C=O) groups is 1. The second-order valence-electron chi connectivity index (χ2n) is 5.24. The summed E-state index contributed by atoms with van der Waals surface area (Å²) in [5.41, 5.74) is 1.07. The summed E-state index contributed by atoms with van der Waals surface area (Å²) in [4.78, 5) is 12.0. The van der Waals surface area contributed by atoms with Gasteiger partial charge in [0.15, 0.2) is 0 Å². The molecule has 1 N–H and O–H groups in total. The molecule has 0 radical (unpaired) electrons. The molecule has 2 rings (SSSR count). The van der Waals surface area contributed by atoms with Crippen LogP contribution in [0.5, 0.6) is 0 Å². The predicted molar refractivity (Wildman–Crippen MR) is 77.4 cm³/mol. The molecular formula is C15H20BrNO. The molecule has 0 aromatic heterocycles. The van der Waals surface area contributed by atoms with E-state index in [0.717, 1.165) is 16.5 Å². The number of amides is 1. The van der Waals surface area contributed by atoms with E-state index in [2.05, 4.69) is 28.2 Å². The van der Waals surface area contributed by atoms with Crippen molar-refractivity contribution >= 4 is 21.8 Å². The maximum absolute atomic E-state index is 12.0. The summed E-state index contributed by atoms with van der Waals surface area (Å²) >= 11 is 3.40. The average molecular weight is 310 g/mol. The summed E-state index contributed by atoms with van der Waals surface area (Å²) in [6, 6.07) is 8.32. The molecule has 1 aromatic rings. The second kappa shape index (κ2) is 6.37. The van der Waals surface area contributed by atoms with Gasteiger partial charge in [0.1, 0.15) is 0 Å². The van der Waals surface area contributed by atoms with Crippen molar-refractivity contribution in [3.05, 3.63) is 34.3 Å². The van der Waals surface area contributed by atoms with Gasteiger partial charge in [0.05, 0.1) is 6.42 Å². The number of hydrogen-bond donors (Lipinski definition) is 1. The van der Waals surface area contributed by atoms with Crippen LogP contribution in [0.25, 0.3) is 0 Å². The molecule has 2 nitrogen and oxygen atoms in total. The maximum atomic E-state index is 12.0. The van der Waals surface area contributed by atoms with Crippen molar-refractivity contribution in [2.24, 2.45) is 5.92 Å². The molecule has 98 valence electrons. The SMILES string of the molecule is C[C@H]1CCCC[C@H]1NC(=O)Cc1ccc(Br)cc1. The average Bonchev–Trinajstić information content (AvgIpc) is 2.35. The Morgan fingerprint density at radius 2 is 1.94 bits per heavy atom. The van der Waals surface area contributed by atoms with Crippen LogP contribution in [0.1, 0.15) is 38.2 Å². The van der Waals surface area contributed by atoms with Gasteiger partial charge in [-0.3, -0.25) is 4.79 Å². The Morgan fingerprint density at radius 1 is 1.28 bits per heavy atom. The van der Waals surface area contributed by atoms with Crippen LogP contribution in [0.4, 0.5) is 0 Å². The molecule has 0 unspecified atom stereocenters. The van der Waals surface area contributed by atoms with Crippen LogP contribution in [0, 0.1) is 5.92 Å². The van der Waals surface area contributed by atoms with Gasteiger partial charge in [0, 0.05) is 10.5 Å². The molecule has 0 heterocycles. The number of benzene rings is 1. The summed E-state index contributed by atoms with van der Waals surface area (Å²) < 4.78 is 1.05. The molecule has 3 heteroatoms. The van der Waals surface area contributed by atoms with E-state index in [1.807, 2.05) is 24.3 Å². The normalized spacial score (nSPS) is 23.7. The molecule has 1 fully saturated rings. The zero-order valence-electron chi connectivity index (χ0n) is 10.8. The van der Waals surface area contributed by atoms with E-state index < -0.39 is 0 Å². The van der Waals surface area contributed by atoms with Crippen LogP contribution < -0.4 is 5.32 Å². The topological polar surface area (TPSA) is 29.1 Å². The molecule has 2 atom stereocenters. The lowest BCUT2D eigenvalue weighted by atomic mass is 9.86. The fraction of sp³-hybridized carbons (Fsp3) is 0.533. The summed E-state index contributed by atoms with van der Waals surface area (Å²) in [6.07, 6.45) is 5.40.